The van der Waals surface area contributed by atoms with Crippen molar-refractivity contribution < 1.29 is 14.6 Å². The van der Waals surface area contributed by atoms with Crippen LogP contribution >= 0.6 is 0 Å². The normalized spacial score (nSPS) is 12.0. The van der Waals surface area contributed by atoms with Gasteiger partial charge < -0.3 is 19.9 Å². The Morgan fingerprint density at radius 1 is 1.00 bits per heavy atom. The molecule has 0 fully saturated rings. The summed E-state index contributed by atoms with van der Waals surface area (Å²) in [6, 6.07) is 16.1. The van der Waals surface area contributed by atoms with Gasteiger partial charge in [-0.1, -0.05) is 42.5 Å². The van der Waals surface area contributed by atoms with E-state index in [1.54, 1.807) is 14.2 Å². The summed E-state index contributed by atoms with van der Waals surface area (Å²) in [4.78, 5) is 0. The average Bonchev–Trinajstić information content (AvgIpc) is 2.58. The summed E-state index contributed by atoms with van der Waals surface area (Å²) in [5, 5.41) is 12.8. The van der Waals surface area contributed by atoms with Crippen LogP contribution in [-0.4, -0.2) is 25.9 Å². The minimum atomic E-state index is 0.0992. The van der Waals surface area contributed by atoms with Crippen LogP contribution in [0.5, 0.6) is 11.5 Å². The lowest BCUT2D eigenvalue weighted by Gasteiger charge is -2.20. The second-order valence-electron chi connectivity index (χ2n) is 5.01. The Bertz CT molecular complexity index is 572. The van der Waals surface area contributed by atoms with Crippen LogP contribution in [0.15, 0.2) is 48.5 Å². The molecule has 2 N–H and O–H groups in total. The molecule has 4 nitrogen and oxygen atoms in total. The van der Waals surface area contributed by atoms with Crippen LogP contribution in [0.1, 0.15) is 23.6 Å². The van der Waals surface area contributed by atoms with Crippen molar-refractivity contribution in [3.05, 3.63) is 59.7 Å². The van der Waals surface area contributed by atoms with E-state index in [1.807, 2.05) is 36.4 Å². The maximum absolute atomic E-state index is 9.29. The number of methoxy groups -OCH3 is 2. The average molecular weight is 301 g/mol. The molecule has 2 aromatic rings. The zero-order valence-corrected chi connectivity index (χ0v) is 13.1. The van der Waals surface area contributed by atoms with Crippen LogP contribution in [0, 0.1) is 0 Å². The maximum atomic E-state index is 9.29. The molecule has 0 aliphatic heterocycles. The molecule has 2 rings (SSSR count). The maximum Gasteiger partial charge on any atom is 0.165 e. The summed E-state index contributed by atoms with van der Waals surface area (Å²) >= 11 is 0. The fourth-order valence-corrected chi connectivity index (χ4v) is 2.53. The van der Waals surface area contributed by atoms with Crippen molar-refractivity contribution in [1.82, 2.24) is 5.32 Å². The first-order valence-corrected chi connectivity index (χ1v) is 7.39. The fraction of sp³-hybridized carbons (Fsp3) is 0.333. The molecular weight excluding hydrogens is 278 g/mol. The van der Waals surface area contributed by atoms with Crippen LogP contribution in [0.4, 0.5) is 0 Å². The van der Waals surface area contributed by atoms with Crippen LogP contribution in [-0.2, 0) is 6.54 Å². The Morgan fingerprint density at radius 2 is 1.77 bits per heavy atom. The first-order chi connectivity index (χ1) is 10.8. The molecule has 0 saturated heterocycles. The molecule has 0 unspecified atom stereocenters. The van der Waals surface area contributed by atoms with Crippen LogP contribution in [0.25, 0.3) is 0 Å². The minimum absolute atomic E-state index is 0.0992. The highest BCUT2D eigenvalue weighted by Crippen LogP contribution is 2.31. The van der Waals surface area contributed by atoms with Gasteiger partial charge in [-0.25, -0.2) is 0 Å². The molecule has 0 heterocycles. The Labute approximate surface area is 131 Å². The third-order valence-corrected chi connectivity index (χ3v) is 3.64. The van der Waals surface area contributed by atoms with Crippen molar-refractivity contribution in [2.75, 3.05) is 20.8 Å². The van der Waals surface area contributed by atoms with Gasteiger partial charge in [-0.05, 0) is 18.1 Å². The summed E-state index contributed by atoms with van der Waals surface area (Å²) < 4.78 is 10.8. The predicted molar refractivity (Wildman–Crippen MR) is 87.3 cm³/mol. The minimum Gasteiger partial charge on any atom is -0.493 e. The molecule has 0 aromatic heterocycles. The molecule has 0 aliphatic rings. The molecule has 0 bridgehead atoms. The second-order valence-corrected chi connectivity index (χ2v) is 5.01. The van der Waals surface area contributed by atoms with E-state index >= 15 is 0 Å². The van der Waals surface area contributed by atoms with E-state index < -0.39 is 0 Å². The summed E-state index contributed by atoms with van der Waals surface area (Å²) in [5.41, 5.74) is 2.19. The van der Waals surface area contributed by atoms with Crippen molar-refractivity contribution in [3.63, 3.8) is 0 Å². The van der Waals surface area contributed by atoms with E-state index in [0.29, 0.717) is 13.0 Å². The van der Waals surface area contributed by atoms with Gasteiger partial charge >= 0.3 is 0 Å². The van der Waals surface area contributed by atoms with Crippen molar-refractivity contribution in [1.29, 1.82) is 0 Å². The van der Waals surface area contributed by atoms with Crippen LogP contribution < -0.4 is 14.8 Å². The van der Waals surface area contributed by atoms with Crippen molar-refractivity contribution in [3.8, 4) is 11.5 Å². The molecule has 0 aliphatic carbocycles. The molecule has 4 heteroatoms. The van der Waals surface area contributed by atoms with E-state index in [4.69, 9.17) is 9.47 Å². The van der Waals surface area contributed by atoms with E-state index in [-0.39, 0.29) is 12.6 Å². The Hall–Kier alpha value is -2.04. The third-order valence-electron chi connectivity index (χ3n) is 3.64. The van der Waals surface area contributed by atoms with Gasteiger partial charge in [-0.2, -0.15) is 0 Å². The molecule has 0 amide bonds. The van der Waals surface area contributed by atoms with Crippen molar-refractivity contribution >= 4 is 0 Å². The van der Waals surface area contributed by atoms with Gasteiger partial charge in [-0.3, -0.25) is 0 Å². The number of nitrogens with one attached hydrogen (secondary N) is 1. The number of ether oxygens (including phenoxy) is 2. The molecule has 0 radical (unpaired) electrons. The van der Waals surface area contributed by atoms with E-state index in [9.17, 15) is 5.11 Å². The van der Waals surface area contributed by atoms with Crippen molar-refractivity contribution in [2.24, 2.45) is 0 Å². The Morgan fingerprint density at radius 3 is 2.41 bits per heavy atom. The fourth-order valence-electron chi connectivity index (χ4n) is 2.53. The van der Waals surface area contributed by atoms with E-state index in [2.05, 4.69) is 17.4 Å². The summed E-state index contributed by atoms with van der Waals surface area (Å²) in [5.74, 6) is 1.47. The lowest BCUT2D eigenvalue weighted by Crippen LogP contribution is -2.22. The summed E-state index contributed by atoms with van der Waals surface area (Å²) in [7, 11) is 3.28. The lowest BCUT2D eigenvalue weighted by atomic mass is 10.0. The molecule has 118 valence electrons. The SMILES string of the molecule is COc1cccc(CN[C@H](CCO)c2ccccc2)c1OC. The zero-order valence-electron chi connectivity index (χ0n) is 13.1. The van der Waals surface area contributed by atoms with Crippen molar-refractivity contribution in [2.45, 2.75) is 19.0 Å². The number of aliphatic hydroxyl groups excluding tert-OH is 1. The number of benzene rings is 2. The standard InChI is InChI=1S/C18H23NO3/c1-21-17-10-6-9-15(18(17)22-2)13-19-16(11-12-20)14-7-4-3-5-8-14/h3-10,16,19-20H,11-13H2,1-2H3/t16-/m1/s1. The van der Waals surface area contributed by atoms with Gasteiger partial charge in [-0.15, -0.1) is 0 Å². The molecule has 22 heavy (non-hydrogen) atoms. The zero-order chi connectivity index (χ0) is 15.8. The highest BCUT2D eigenvalue weighted by Gasteiger charge is 2.13. The largest absolute Gasteiger partial charge is 0.493 e. The van der Waals surface area contributed by atoms with E-state index in [1.165, 1.54) is 5.56 Å². The Balaban J connectivity index is 2.13. The van der Waals surface area contributed by atoms with Gasteiger partial charge in [0.15, 0.2) is 11.5 Å². The monoisotopic (exact) mass is 301 g/mol. The van der Waals surface area contributed by atoms with Gasteiger partial charge in [0.1, 0.15) is 0 Å². The topological polar surface area (TPSA) is 50.7 Å². The first-order valence-electron chi connectivity index (χ1n) is 7.39. The first kappa shape index (κ1) is 16.3. The smallest absolute Gasteiger partial charge is 0.165 e. The summed E-state index contributed by atoms with van der Waals surface area (Å²) in [6.45, 7) is 0.780. The van der Waals surface area contributed by atoms with Gasteiger partial charge in [0.2, 0.25) is 0 Å². The highest BCUT2D eigenvalue weighted by atomic mass is 16.5. The third kappa shape index (κ3) is 4.00. The Kier molecular flexibility index (Phi) is 6.25. The van der Waals surface area contributed by atoms with Gasteiger partial charge in [0.05, 0.1) is 14.2 Å². The molecule has 2 aromatic carbocycles. The van der Waals surface area contributed by atoms with Gasteiger partial charge in [0.25, 0.3) is 0 Å². The quantitative estimate of drug-likeness (QED) is 0.787. The number of aliphatic hydroxyl groups is 1. The molecule has 1 atom stereocenters. The van der Waals surface area contributed by atoms with Gasteiger partial charge in [0, 0.05) is 24.8 Å². The number of hydrogen-bond donors (Lipinski definition) is 2. The molecule has 0 saturated carbocycles. The number of hydrogen-bond acceptors (Lipinski definition) is 4. The second kappa shape index (κ2) is 8.41. The highest BCUT2D eigenvalue weighted by molar-refractivity contribution is 5.46. The van der Waals surface area contributed by atoms with Crippen LogP contribution in [0.2, 0.25) is 0 Å². The number of rotatable bonds is 8. The molecular formula is C18H23NO3. The predicted octanol–water partition coefficient (Wildman–Crippen LogP) is 2.92. The molecule has 0 spiro atoms. The van der Waals surface area contributed by atoms with Crippen LogP contribution in [0.3, 0.4) is 0 Å². The summed E-state index contributed by atoms with van der Waals surface area (Å²) in [6.07, 6.45) is 0.663. The lowest BCUT2D eigenvalue weighted by molar-refractivity contribution is 0.264. The van der Waals surface area contributed by atoms with E-state index in [0.717, 1.165) is 17.1 Å². The number of para-hydroxylation sites is 1.